The summed E-state index contributed by atoms with van der Waals surface area (Å²) in [6.45, 7) is 8.75. The molecule has 0 spiro atoms. The molecule has 96 valence electrons. The van der Waals surface area contributed by atoms with Crippen molar-refractivity contribution in [3.63, 3.8) is 0 Å². The maximum Gasteiger partial charge on any atom is 0.132 e. The Balaban J connectivity index is 2.90. The SMILES string of the molecule is CCCc1nc(Br)cc(NC(C)(CC)CC)n1. The van der Waals surface area contributed by atoms with Crippen LogP contribution in [0.1, 0.15) is 52.8 Å². The molecule has 0 bridgehead atoms. The van der Waals surface area contributed by atoms with Gasteiger partial charge in [-0.2, -0.15) is 0 Å². The molecule has 1 aromatic rings. The summed E-state index contributed by atoms with van der Waals surface area (Å²) in [5, 5.41) is 3.51. The zero-order valence-corrected chi connectivity index (χ0v) is 12.8. The second-order valence-corrected chi connectivity index (χ2v) is 5.45. The third-order valence-electron chi connectivity index (χ3n) is 3.21. The summed E-state index contributed by atoms with van der Waals surface area (Å²) < 4.78 is 0.855. The predicted molar refractivity (Wildman–Crippen MR) is 76.3 cm³/mol. The van der Waals surface area contributed by atoms with Gasteiger partial charge in [0.2, 0.25) is 0 Å². The Hall–Kier alpha value is -0.640. The highest BCUT2D eigenvalue weighted by Crippen LogP contribution is 2.22. The Kier molecular flexibility index (Phi) is 5.37. The van der Waals surface area contributed by atoms with Crippen LogP contribution in [-0.2, 0) is 6.42 Å². The first-order chi connectivity index (χ1) is 8.03. The van der Waals surface area contributed by atoms with Crippen molar-refractivity contribution in [2.45, 2.75) is 58.9 Å². The molecular weight excluding hydrogens is 278 g/mol. The standard InChI is InChI=1S/C13H22BrN3/c1-5-8-11-15-10(14)9-12(16-11)17-13(4,6-2)7-3/h9H,5-8H2,1-4H3,(H,15,16,17). The summed E-state index contributed by atoms with van der Waals surface area (Å²) in [4.78, 5) is 8.92. The molecule has 1 rings (SSSR count). The predicted octanol–water partition coefficient (Wildman–Crippen LogP) is 4.18. The Morgan fingerprint density at radius 3 is 2.41 bits per heavy atom. The molecule has 17 heavy (non-hydrogen) atoms. The van der Waals surface area contributed by atoms with E-state index in [1.165, 1.54) is 0 Å². The molecule has 0 atom stereocenters. The topological polar surface area (TPSA) is 37.8 Å². The van der Waals surface area contributed by atoms with Crippen LogP contribution in [0.3, 0.4) is 0 Å². The van der Waals surface area contributed by atoms with Crippen LogP contribution in [-0.4, -0.2) is 15.5 Å². The molecule has 0 saturated heterocycles. The van der Waals surface area contributed by atoms with E-state index in [0.717, 1.165) is 41.9 Å². The summed E-state index contributed by atoms with van der Waals surface area (Å²) >= 11 is 3.44. The van der Waals surface area contributed by atoms with Crippen LogP contribution >= 0.6 is 15.9 Å². The first-order valence-electron chi connectivity index (χ1n) is 6.34. The summed E-state index contributed by atoms with van der Waals surface area (Å²) in [5.41, 5.74) is 0.108. The van der Waals surface area contributed by atoms with Crippen molar-refractivity contribution in [2.75, 3.05) is 5.32 Å². The van der Waals surface area contributed by atoms with Gasteiger partial charge in [-0.05, 0) is 42.1 Å². The van der Waals surface area contributed by atoms with E-state index < -0.39 is 0 Å². The highest BCUT2D eigenvalue weighted by molar-refractivity contribution is 9.10. The minimum atomic E-state index is 0.108. The van der Waals surface area contributed by atoms with Gasteiger partial charge in [0.15, 0.2) is 0 Å². The molecule has 1 aromatic heterocycles. The van der Waals surface area contributed by atoms with Crippen molar-refractivity contribution >= 4 is 21.7 Å². The normalized spacial score (nSPS) is 11.6. The molecule has 0 radical (unpaired) electrons. The molecule has 4 heteroatoms. The van der Waals surface area contributed by atoms with Crippen molar-refractivity contribution < 1.29 is 0 Å². The van der Waals surface area contributed by atoms with Crippen molar-refractivity contribution in [1.82, 2.24) is 9.97 Å². The third-order valence-corrected chi connectivity index (χ3v) is 3.61. The average Bonchev–Trinajstić information content (AvgIpc) is 2.28. The summed E-state index contributed by atoms with van der Waals surface area (Å²) in [7, 11) is 0. The minimum absolute atomic E-state index is 0.108. The van der Waals surface area contributed by atoms with Gasteiger partial charge in [0.1, 0.15) is 16.2 Å². The summed E-state index contributed by atoms with van der Waals surface area (Å²) in [5.74, 6) is 1.82. The number of hydrogen-bond donors (Lipinski definition) is 1. The molecule has 1 heterocycles. The lowest BCUT2D eigenvalue weighted by atomic mass is 9.96. The quantitative estimate of drug-likeness (QED) is 0.801. The number of aromatic nitrogens is 2. The van der Waals surface area contributed by atoms with Gasteiger partial charge in [-0.15, -0.1) is 0 Å². The monoisotopic (exact) mass is 299 g/mol. The number of halogens is 1. The van der Waals surface area contributed by atoms with Crippen LogP contribution in [0.25, 0.3) is 0 Å². The molecule has 0 fully saturated rings. The molecule has 0 amide bonds. The number of aryl methyl sites for hydroxylation is 1. The largest absolute Gasteiger partial charge is 0.365 e. The van der Waals surface area contributed by atoms with Crippen molar-refractivity contribution in [1.29, 1.82) is 0 Å². The van der Waals surface area contributed by atoms with Gasteiger partial charge in [0.25, 0.3) is 0 Å². The zero-order valence-electron chi connectivity index (χ0n) is 11.2. The van der Waals surface area contributed by atoms with E-state index in [2.05, 4.69) is 58.9 Å². The molecule has 0 unspecified atom stereocenters. The summed E-state index contributed by atoms with van der Waals surface area (Å²) in [6.07, 6.45) is 4.14. The Bertz CT molecular complexity index is 362. The smallest absolute Gasteiger partial charge is 0.132 e. The second-order valence-electron chi connectivity index (χ2n) is 4.63. The fraction of sp³-hybridized carbons (Fsp3) is 0.692. The van der Waals surface area contributed by atoms with Gasteiger partial charge in [0.05, 0.1) is 0 Å². The molecule has 0 aromatic carbocycles. The van der Waals surface area contributed by atoms with Gasteiger partial charge in [0, 0.05) is 18.0 Å². The van der Waals surface area contributed by atoms with Gasteiger partial charge in [-0.3, -0.25) is 0 Å². The highest BCUT2D eigenvalue weighted by Gasteiger charge is 2.19. The molecular formula is C13H22BrN3. The fourth-order valence-electron chi connectivity index (χ4n) is 1.60. The van der Waals surface area contributed by atoms with Crippen LogP contribution in [0.2, 0.25) is 0 Å². The number of rotatable bonds is 6. The van der Waals surface area contributed by atoms with E-state index in [0.29, 0.717) is 0 Å². The number of hydrogen-bond acceptors (Lipinski definition) is 3. The number of nitrogens with one attached hydrogen (secondary N) is 1. The van der Waals surface area contributed by atoms with Crippen LogP contribution in [0.5, 0.6) is 0 Å². The average molecular weight is 300 g/mol. The fourth-order valence-corrected chi connectivity index (χ4v) is 2.02. The van der Waals surface area contributed by atoms with Crippen molar-refractivity contribution in [3.05, 3.63) is 16.5 Å². The number of nitrogens with zero attached hydrogens (tertiary/aromatic N) is 2. The van der Waals surface area contributed by atoms with Gasteiger partial charge in [-0.1, -0.05) is 20.8 Å². The molecule has 0 aliphatic carbocycles. The molecule has 0 aliphatic rings. The lowest BCUT2D eigenvalue weighted by molar-refractivity contribution is 0.476. The van der Waals surface area contributed by atoms with E-state index in [1.54, 1.807) is 0 Å². The van der Waals surface area contributed by atoms with Gasteiger partial charge >= 0.3 is 0 Å². The summed E-state index contributed by atoms with van der Waals surface area (Å²) in [6, 6.07) is 1.95. The van der Waals surface area contributed by atoms with Crippen molar-refractivity contribution in [2.24, 2.45) is 0 Å². The Morgan fingerprint density at radius 1 is 1.24 bits per heavy atom. The highest BCUT2D eigenvalue weighted by atomic mass is 79.9. The van der Waals surface area contributed by atoms with E-state index in [4.69, 9.17) is 0 Å². The van der Waals surface area contributed by atoms with Crippen LogP contribution in [0.15, 0.2) is 10.7 Å². The number of anilines is 1. The lowest BCUT2D eigenvalue weighted by Crippen LogP contribution is -2.33. The lowest BCUT2D eigenvalue weighted by Gasteiger charge is -2.29. The van der Waals surface area contributed by atoms with E-state index in [9.17, 15) is 0 Å². The third kappa shape index (κ3) is 4.26. The first kappa shape index (κ1) is 14.4. The van der Waals surface area contributed by atoms with Crippen molar-refractivity contribution in [3.8, 4) is 0 Å². The minimum Gasteiger partial charge on any atom is -0.365 e. The van der Waals surface area contributed by atoms with Gasteiger partial charge < -0.3 is 5.32 Å². The van der Waals surface area contributed by atoms with Crippen LogP contribution in [0, 0.1) is 0 Å². The van der Waals surface area contributed by atoms with Crippen LogP contribution < -0.4 is 5.32 Å². The first-order valence-corrected chi connectivity index (χ1v) is 7.14. The maximum absolute atomic E-state index is 4.55. The van der Waals surface area contributed by atoms with Gasteiger partial charge in [-0.25, -0.2) is 9.97 Å². The second kappa shape index (κ2) is 6.34. The Labute approximate surface area is 113 Å². The Morgan fingerprint density at radius 2 is 1.88 bits per heavy atom. The zero-order chi connectivity index (χ0) is 12.9. The van der Waals surface area contributed by atoms with E-state index in [1.807, 2.05) is 6.07 Å². The van der Waals surface area contributed by atoms with E-state index in [-0.39, 0.29) is 5.54 Å². The maximum atomic E-state index is 4.55. The molecule has 0 saturated carbocycles. The molecule has 1 N–H and O–H groups in total. The molecule has 3 nitrogen and oxygen atoms in total. The van der Waals surface area contributed by atoms with E-state index >= 15 is 0 Å². The van der Waals surface area contributed by atoms with Crippen LogP contribution in [0.4, 0.5) is 5.82 Å². The molecule has 0 aliphatic heterocycles.